The van der Waals surface area contributed by atoms with Crippen LogP contribution < -0.4 is 0 Å². The first kappa shape index (κ1) is 23.6. The number of benzene rings is 3. The van der Waals surface area contributed by atoms with Gasteiger partial charge in [0.1, 0.15) is 0 Å². The molecule has 0 bridgehead atoms. The van der Waals surface area contributed by atoms with Gasteiger partial charge in [-0.1, -0.05) is 60.1 Å². The molecule has 0 saturated carbocycles. The number of amides is 1. The highest BCUT2D eigenvalue weighted by Gasteiger charge is 2.30. The number of carbonyl (C=O) groups excluding carboxylic acids is 1. The van der Waals surface area contributed by atoms with Crippen LogP contribution in [0, 0.1) is 0 Å². The van der Waals surface area contributed by atoms with E-state index in [0.717, 1.165) is 29.0 Å². The molecule has 0 atom stereocenters. The number of halogens is 4. The van der Waals surface area contributed by atoms with Crippen LogP contribution in [-0.2, 0) is 25.8 Å². The largest absolute Gasteiger partial charge is 0.416 e. The third-order valence-electron chi connectivity index (χ3n) is 5.54. The molecule has 1 aromatic heterocycles. The zero-order valence-electron chi connectivity index (χ0n) is 18.2. The summed E-state index contributed by atoms with van der Waals surface area (Å²) >= 11 is 6.32. The lowest BCUT2D eigenvalue weighted by atomic mass is 10.1. The average Bonchev–Trinajstić information content (AvgIpc) is 3.26. The number of hydrogen-bond acceptors (Lipinski definition) is 1. The van der Waals surface area contributed by atoms with Crippen LogP contribution in [0.1, 0.15) is 32.7 Å². The third-order valence-corrected chi connectivity index (χ3v) is 5.91. The van der Waals surface area contributed by atoms with E-state index in [1.54, 1.807) is 4.90 Å². The smallest absolute Gasteiger partial charge is 0.345 e. The van der Waals surface area contributed by atoms with Crippen molar-refractivity contribution in [1.29, 1.82) is 0 Å². The Balaban J connectivity index is 1.61. The van der Waals surface area contributed by atoms with Crippen molar-refractivity contribution in [3.05, 3.63) is 130 Å². The van der Waals surface area contributed by atoms with E-state index < -0.39 is 11.7 Å². The van der Waals surface area contributed by atoms with Crippen LogP contribution in [0.3, 0.4) is 0 Å². The average molecular weight is 483 g/mol. The second kappa shape index (κ2) is 10.2. The molecule has 1 heterocycles. The number of alkyl halides is 3. The standard InChI is InChI=1S/C27H22ClF3N2O/c28-25-11-5-4-9-22(25)18-32-16-6-10-24(32)19-33(17-20-7-2-1-3-8-20)26(34)21-12-14-23(15-13-21)27(29,30)31/h1-16H,17-19H2. The van der Waals surface area contributed by atoms with Crippen LogP contribution in [0.5, 0.6) is 0 Å². The fraction of sp³-hybridized carbons (Fsp3) is 0.148. The molecule has 4 rings (SSSR count). The summed E-state index contributed by atoms with van der Waals surface area (Å²) in [6, 6.07) is 25.2. The van der Waals surface area contributed by atoms with Gasteiger partial charge in [0.25, 0.3) is 5.91 Å². The minimum atomic E-state index is -4.45. The zero-order chi connectivity index (χ0) is 24.1. The van der Waals surface area contributed by atoms with Crippen LogP contribution in [0.15, 0.2) is 97.2 Å². The lowest BCUT2D eigenvalue weighted by Gasteiger charge is -2.24. The summed E-state index contributed by atoms with van der Waals surface area (Å²) in [5.41, 5.74) is 2.17. The molecule has 0 aliphatic heterocycles. The highest BCUT2D eigenvalue weighted by Crippen LogP contribution is 2.29. The number of rotatable bonds is 7. The van der Waals surface area contributed by atoms with E-state index in [2.05, 4.69) is 0 Å². The first-order valence-electron chi connectivity index (χ1n) is 10.7. The molecule has 7 heteroatoms. The molecule has 0 spiro atoms. The molecule has 174 valence electrons. The second-order valence-corrected chi connectivity index (χ2v) is 8.35. The molecule has 0 N–H and O–H groups in total. The topological polar surface area (TPSA) is 25.2 Å². The normalized spacial score (nSPS) is 11.4. The molecule has 3 aromatic carbocycles. The van der Waals surface area contributed by atoms with Crippen LogP contribution in [0.25, 0.3) is 0 Å². The van der Waals surface area contributed by atoms with Crippen LogP contribution in [0.2, 0.25) is 5.02 Å². The van der Waals surface area contributed by atoms with Gasteiger partial charge < -0.3 is 9.47 Å². The first-order valence-corrected chi connectivity index (χ1v) is 11.1. The van der Waals surface area contributed by atoms with Crippen molar-refractivity contribution in [2.45, 2.75) is 25.8 Å². The Hall–Kier alpha value is -3.51. The lowest BCUT2D eigenvalue weighted by Crippen LogP contribution is -2.31. The van der Waals surface area contributed by atoms with E-state index in [4.69, 9.17) is 11.6 Å². The lowest BCUT2D eigenvalue weighted by molar-refractivity contribution is -0.137. The number of carbonyl (C=O) groups is 1. The Bertz CT molecular complexity index is 1250. The van der Waals surface area contributed by atoms with Gasteiger partial charge >= 0.3 is 6.18 Å². The number of aromatic nitrogens is 1. The van der Waals surface area contributed by atoms with Crippen molar-refractivity contribution in [3.63, 3.8) is 0 Å². The van der Waals surface area contributed by atoms with Gasteiger partial charge in [0.05, 0.1) is 12.1 Å². The summed E-state index contributed by atoms with van der Waals surface area (Å²) in [7, 11) is 0. The van der Waals surface area contributed by atoms with E-state index in [1.807, 2.05) is 77.5 Å². The summed E-state index contributed by atoms with van der Waals surface area (Å²) in [5, 5.41) is 0.657. The van der Waals surface area contributed by atoms with Crippen molar-refractivity contribution in [2.75, 3.05) is 0 Å². The molecule has 0 saturated heterocycles. The van der Waals surface area contributed by atoms with Crippen molar-refractivity contribution < 1.29 is 18.0 Å². The predicted octanol–water partition coefficient (Wildman–Crippen LogP) is 7.05. The SMILES string of the molecule is O=C(c1ccc(C(F)(F)F)cc1)N(Cc1ccccc1)Cc1cccn1Cc1ccccc1Cl. The Kier molecular flexibility index (Phi) is 7.08. The summed E-state index contributed by atoms with van der Waals surface area (Å²) in [4.78, 5) is 15.0. The van der Waals surface area contributed by atoms with E-state index >= 15 is 0 Å². The summed E-state index contributed by atoms with van der Waals surface area (Å²) in [6.07, 6.45) is -2.53. The Morgan fingerprint density at radius 2 is 1.50 bits per heavy atom. The van der Waals surface area contributed by atoms with E-state index in [-0.39, 0.29) is 18.0 Å². The molecular formula is C27H22ClF3N2O. The minimum Gasteiger partial charge on any atom is -0.345 e. The van der Waals surface area contributed by atoms with E-state index in [1.165, 1.54) is 12.1 Å². The van der Waals surface area contributed by atoms with Gasteiger partial charge in [-0.2, -0.15) is 13.2 Å². The molecule has 0 radical (unpaired) electrons. The predicted molar refractivity (Wildman–Crippen MR) is 126 cm³/mol. The zero-order valence-corrected chi connectivity index (χ0v) is 18.9. The maximum atomic E-state index is 13.4. The van der Waals surface area contributed by atoms with Crippen molar-refractivity contribution >= 4 is 17.5 Å². The molecule has 0 unspecified atom stereocenters. The second-order valence-electron chi connectivity index (χ2n) is 7.94. The highest BCUT2D eigenvalue weighted by atomic mass is 35.5. The van der Waals surface area contributed by atoms with E-state index in [0.29, 0.717) is 18.1 Å². The van der Waals surface area contributed by atoms with Crippen LogP contribution in [0.4, 0.5) is 13.2 Å². The summed E-state index contributed by atoms with van der Waals surface area (Å²) < 4.78 is 40.9. The van der Waals surface area contributed by atoms with Crippen molar-refractivity contribution in [2.24, 2.45) is 0 Å². The molecule has 0 fully saturated rings. The Morgan fingerprint density at radius 1 is 0.824 bits per heavy atom. The molecule has 1 amide bonds. The van der Waals surface area contributed by atoms with Gasteiger partial charge in [0.2, 0.25) is 0 Å². The maximum Gasteiger partial charge on any atom is 0.416 e. The van der Waals surface area contributed by atoms with Gasteiger partial charge in [-0.15, -0.1) is 0 Å². The molecule has 0 aliphatic carbocycles. The third kappa shape index (κ3) is 5.69. The van der Waals surface area contributed by atoms with Gasteiger partial charge in [-0.3, -0.25) is 4.79 Å². The number of hydrogen-bond donors (Lipinski definition) is 0. The monoisotopic (exact) mass is 482 g/mol. The van der Waals surface area contributed by atoms with Crippen molar-refractivity contribution in [1.82, 2.24) is 9.47 Å². The van der Waals surface area contributed by atoms with Gasteiger partial charge in [-0.05, 0) is 53.6 Å². The maximum absolute atomic E-state index is 13.4. The fourth-order valence-electron chi connectivity index (χ4n) is 3.74. The summed E-state index contributed by atoms with van der Waals surface area (Å²) in [5.74, 6) is -0.344. The quantitative estimate of drug-likeness (QED) is 0.277. The molecule has 34 heavy (non-hydrogen) atoms. The van der Waals surface area contributed by atoms with Gasteiger partial charge in [0, 0.05) is 35.6 Å². The minimum absolute atomic E-state index is 0.202. The Labute approximate surface area is 201 Å². The first-order chi connectivity index (χ1) is 16.3. The van der Waals surface area contributed by atoms with Crippen molar-refractivity contribution in [3.8, 4) is 0 Å². The summed E-state index contributed by atoms with van der Waals surface area (Å²) in [6.45, 7) is 1.14. The van der Waals surface area contributed by atoms with E-state index in [9.17, 15) is 18.0 Å². The fourth-order valence-corrected chi connectivity index (χ4v) is 3.94. The molecule has 0 aliphatic rings. The van der Waals surface area contributed by atoms with Crippen LogP contribution in [-0.4, -0.2) is 15.4 Å². The van der Waals surface area contributed by atoms with Gasteiger partial charge in [0.15, 0.2) is 0 Å². The molecule has 3 nitrogen and oxygen atoms in total. The molecular weight excluding hydrogens is 461 g/mol. The van der Waals surface area contributed by atoms with Crippen LogP contribution >= 0.6 is 11.6 Å². The highest BCUT2D eigenvalue weighted by molar-refractivity contribution is 6.31. The Morgan fingerprint density at radius 3 is 2.18 bits per heavy atom. The molecule has 4 aromatic rings. The number of nitrogens with zero attached hydrogens (tertiary/aromatic N) is 2. The van der Waals surface area contributed by atoms with Gasteiger partial charge in [-0.25, -0.2) is 0 Å².